The normalized spacial score (nSPS) is 19.6. The lowest BCUT2D eigenvalue weighted by atomic mass is 10.2. The Morgan fingerprint density at radius 1 is 1.13 bits per heavy atom. The van der Waals surface area contributed by atoms with Crippen molar-refractivity contribution in [2.24, 2.45) is 0 Å². The number of piperazine rings is 1. The lowest BCUT2D eigenvalue weighted by molar-refractivity contribution is -0.133. The van der Waals surface area contributed by atoms with E-state index >= 15 is 0 Å². The van der Waals surface area contributed by atoms with Gasteiger partial charge in [0.05, 0.1) is 6.26 Å². The lowest BCUT2D eigenvalue weighted by Gasteiger charge is -2.33. The highest BCUT2D eigenvalue weighted by Crippen LogP contribution is 2.10. The maximum Gasteiger partial charge on any atom is 0.346 e. The second-order valence-corrected chi connectivity index (χ2v) is 7.99. The SMILES string of the molecule is CS(=O)(=O)N1CCN(C(=O)Cn2nc3n(c2=O)CCCC3)CC1. The molecular weight excluding hydrogens is 322 g/mol. The fraction of sp³-hybridized carbons (Fsp3) is 0.769. The number of amides is 1. The number of hydrogen-bond donors (Lipinski definition) is 0. The van der Waals surface area contributed by atoms with E-state index < -0.39 is 10.0 Å². The van der Waals surface area contributed by atoms with Crippen LogP contribution in [0.3, 0.4) is 0 Å². The van der Waals surface area contributed by atoms with E-state index in [9.17, 15) is 18.0 Å². The van der Waals surface area contributed by atoms with E-state index in [0.29, 0.717) is 32.7 Å². The molecular formula is C13H21N5O4S. The van der Waals surface area contributed by atoms with Crippen LogP contribution in [0.25, 0.3) is 0 Å². The summed E-state index contributed by atoms with van der Waals surface area (Å²) in [6.45, 7) is 1.84. The van der Waals surface area contributed by atoms with Crippen LogP contribution in [0, 0.1) is 0 Å². The summed E-state index contributed by atoms with van der Waals surface area (Å²) < 4.78 is 27.2. The first-order valence-electron chi connectivity index (χ1n) is 7.75. The summed E-state index contributed by atoms with van der Waals surface area (Å²) in [6.07, 6.45) is 3.90. The largest absolute Gasteiger partial charge is 0.346 e. The highest BCUT2D eigenvalue weighted by Gasteiger charge is 2.27. The van der Waals surface area contributed by atoms with Crippen LogP contribution < -0.4 is 5.69 Å². The van der Waals surface area contributed by atoms with Gasteiger partial charge < -0.3 is 4.90 Å². The number of carbonyl (C=O) groups is 1. The molecule has 3 heterocycles. The minimum absolute atomic E-state index is 0.0856. The molecule has 23 heavy (non-hydrogen) atoms. The molecule has 0 bridgehead atoms. The average Bonchev–Trinajstić information content (AvgIpc) is 2.83. The molecule has 3 rings (SSSR count). The molecule has 0 spiro atoms. The molecule has 2 aliphatic heterocycles. The number of sulfonamides is 1. The van der Waals surface area contributed by atoms with Crippen molar-refractivity contribution >= 4 is 15.9 Å². The topological polar surface area (TPSA) is 97.5 Å². The van der Waals surface area contributed by atoms with Crippen LogP contribution in [0.15, 0.2) is 4.79 Å². The maximum absolute atomic E-state index is 12.3. The van der Waals surface area contributed by atoms with Gasteiger partial charge in [-0.2, -0.15) is 9.40 Å². The highest BCUT2D eigenvalue weighted by atomic mass is 32.2. The number of fused-ring (bicyclic) bond motifs is 1. The zero-order valence-corrected chi connectivity index (χ0v) is 14.0. The quantitative estimate of drug-likeness (QED) is 0.664. The zero-order valence-electron chi connectivity index (χ0n) is 13.1. The molecule has 0 N–H and O–H groups in total. The van der Waals surface area contributed by atoms with Crippen LogP contribution in [-0.2, 0) is 34.3 Å². The Bertz CT molecular complexity index is 758. The molecule has 0 aliphatic carbocycles. The summed E-state index contributed by atoms with van der Waals surface area (Å²) in [5.74, 6) is 0.548. The van der Waals surface area contributed by atoms with Crippen LogP contribution in [0.5, 0.6) is 0 Å². The molecule has 0 atom stereocenters. The second kappa shape index (κ2) is 6.08. The second-order valence-electron chi connectivity index (χ2n) is 6.01. The van der Waals surface area contributed by atoms with Gasteiger partial charge in [-0.25, -0.2) is 17.9 Å². The standard InChI is InChI=1S/C13H21N5O4S/c1-23(21,22)16-8-6-15(7-9-16)12(19)10-18-13(20)17-5-3-2-4-11(17)14-18/h2-10H2,1H3. The van der Waals surface area contributed by atoms with Crippen LogP contribution in [0.4, 0.5) is 0 Å². The molecule has 0 unspecified atom stereocenters. The Morgan fingerprint density at radius 3 is 2.43 bits per heavy atom. The van der Waals surface area contributed by atoms with Gasteiger partial charge in [-0.1, -0.05) is 0 Å². The molecule has 1 aromatic rings. The Kier molecular flexibility index (Phi) is 4.28. The molecule has 10 heteroatoms. The number of nitrogens with zero attached hydrogens (tertiary/aromatic N) is 5. The van der Waals surface area contributed by atoms with Crippen molar-refractivity contribution < 1.29 is 13.2 Å². The van der Waals surface area contributed by atoms with Gasteiger partial charge in [0.2, 0.25) is 15.9 Å². The molecule has 1 amide bonds. The maximum atomic E-state index is 12.3. The third-order valence-corrected chi connectivity index (χ3v) is 5.68. The summed E-state index contributed by atoms with van der Waals surface area (Å²) in [5, 5.41) is 4.25. The molecule has 2 aliphatic rings. The summed E-state index contributed by atoms with van der Waals surface area (Å²) in [5.41, 5.74) is -0.233. The first kappa shape index (κ1) is 16.2. The monoisotopic (exact) mass is 343 g/mol. The van der Waals surface area contributed by atoms with Gasteiger partial charge >= 0.3 is 5.69 Å². The molecule has 9 nitrogen and oxygen atoms in total. The number of aromatic nitrogens is 3. The smallest absolute Gasteiger partial charge is 0.338 e. The van der Waals surface area contributed by atoms with Crippen LogP contribution in [0.2, 0.25) is 0 Å². The summed E-state index contributed by atoms with van der Waals surface area (Å²) in [7, 11) is -3.22. The Morgan fingerprint density at radius 2 is 1.83 bits per heavy atom. The van der Waals surface area contributed by atoms with E-state index in [1.54, 1.807) is 9.47 Å². The van der Waals surface area contributed by atoms with Crippen LogP contribution in [0.1, 0.15) is 18.7 Å². The molecule has 0 aromatic carbocycles. The van der Waals surface area contributed by atoms with Gasteiger partial charge in [-0.3, -0.25) is 9.36 Å². The molecule has 1 fully saturated rings. The summed E-state index contributed by atoms with van der Waals surface area (Å²) >= 11 is 0. The van der Waals surface area contributed by atoms with Crippen LogP contribution in [-0.4, -0.2) is 70.3 Å². The Hall–Kier alpha value is -1.68. The lowest BCUT2D eigenvalue weighted by Crippen LogP contribution is -2.51. The van der Waals surface area contributed by atoms with Crippen molar-refractivity contribution in [3.05, 3.63) is 16.3 Å². The summed E-state index contributed by atoms with van der Waals surface area (Å²) in [6, 6.07) is 0. The first-order chi connectivity index (χ1) is 10.9. The van der Waals surface area contributed by atoms with E-state index in [-0.39, 0.29) is 18.1 Å². The average molecular weight is 343 g/mol. The van der Waals surface area contributed by atoms with Gasteiger partial charge in [-0.05, 0) is 12.8 Å². The number of aryl methyl sites for hydroxylation is 1. The van der Waals surface area contributed by atoms with E-state index in [1.807, 2.05) is 0 Å². The molecule has 128 valence electrons. The third kappa shape index (κ3) is 3.32. The van der Waals surface area contributed by atoms with Gasteiger partial charge in [0.1, 0.15) is 12.4 Å². The fourth-order valence-electron chi connectivity index (χ4n) is 3.05. The molecule has 1 saturated heterocycles. The third-order valence-electron chi connectivity index (χ3n) is 4.38. The first-order valence-corrected chi connectivity index (χ1v) is 9.60. The predicted molar refractivity (Wildman–Crippen MR) is 82.4 cm³/mol. The van der Waals surface area contributed by atoms with Gasteiger partial charge in [0, 0.05) is 39.1 Å². The molecule has 1 aromatic heterocycles. The van der Waals surface area contributed by atoms with Crippen molar-refractivity contribution in [3.8, 4) is 0 Å². The van der Waals surface area contributed by atoms with Crippen molar-refractivity contribution in [1.29, 1.82) is 0 Å². The number of carbonyl (C=O) groups excluding carboxylic acids is 1. The van der Waals surface area contributed by atoms with E-state index in [4.69, 9.17) is 0 Å². The van der Waals surface area contributed by atoms with Gasteiger partial charge in [-0.15, -0.1) is 0 Å². The Balaban J connectivity index is 1.65. The van der Waals surface area contributed by atoms with E-state index in [1.165, 1.54) is 15.2 Å². The van der Waals surface area contributed by atoms with Gasteiger partial charge in [0.25, 0.3) is 0 Å². The van der Waals surface area contributed by atoms with Crippen LogP contribution >= 0.6 is 0 Å². The zero-order chi connectivity index (χ0) is 16.6. The highest BCUT2D eigenvalue weighted by molar-refractivity contribution is 7.88. The van der Waals surface area contributed by atoms with Crippen molar-refractivity contribution in [3.63, 3.8) is 0 Å². The molecule has 0 saturated carbocycles. The van der Waals surface area contributed by atoms with Crippen molar-refractivity contribution in [2.75, 3.05) is 32.4 Å². The summed E-state index contributed by atoms with van der Waals surface area (Å²) in [4.78, 5) is 26.1. The minimum Gasteiger partial charge on any atom is -0.338 e. The number of hydrogen-bond acceptors (Lipinski definition) is 5. The number of rotatable bonds is 3. The minimum atomic E-state index is -3.22. The van der Waals surface area contributed by atoms with Gasteiger partial charge in [0.15, 0.2) is 0 Å². The molecule has 0 radical (unpaired) electrons. The van der Waals surface area contributed by atoms with Crippen molar-refractivity contribution in [2.45, 2.75) is 32.4 Å². The fourth-order valence-corrected chi connectivity index (χ4v) is 3.88. The van der Waals surface area contributed by atoms with E-state index in [0.717, 1.165) is 25.1 Å². The van der Waals surface area contributed by atoms with Crippen molar-refractivity contribution in [1.82, 2.24) is 23.6 Å². The van der Waals surface area contributed by atoms with E-state index in [2.05, 4.69) is 5.10 Å². The Labute approximate surface area is 134 Å². The predicted octanol–water partition coefficient (Wildman–Crippen LogP) is -1.52.